The van der Waals surface area contributed by atoms with Crippen molar-refractivity contribution >= 4 is 0 Å². The first-order chi connectivity index (χ1) is 7.58. The Balaban J connectivity index is 2.34. The molecule has 0 saturated heterocycles. The Hall–Kier alpha value is -1.22. The molecule has 1 aliphatic rings. The monoisotopic (exact) mass is 222 g/mol. The molecule has 1 aromatic carbocycles. The Morgan fingerprint density at radius 2 is 2.06 bits per heavy atom. The molecule has 2 N–H and O–H groups in total. The van der Waals surface area contributed by atoms with Crippen LogP contribution in [-0.4, -0.2) is 22.9 Å². The number of hydrogen-bond donors (Lipinski definition) is 2. The number of aryl methyl sites for hydroxylation is 1. The van der Waals surface area contributed by atoms with E-state index in [-0.39, 0.29) is 5.75 Å². The zero-order valence-corrected chi connectivity index (χ0v) is 9.79. The lowest BCUT2D eigenvalue weighted by molar-refractivity contribution is 0.149. The highest BCUT2D eigenvalue weighted by Gasteiger charge is 2.41. The van der Waals surface area contributed by atoms with Crippen molar-refractivity contribution in [2.45, 2.75) is 38.2 Å². The summed E-state index contributed by atoms with van der Waals surface area (Å²) in [5.41, 5.74) is 1.32. The second-order valence-corrected chi connectivity index (χ2v) is 4.56. The van der Waals surface area contributed by atoms with E-state index in [1.165, 1.54) is 0 Å². The molecule has 0 atom stereocenters. The van der Waals surface area contributed by atoms with Crippen molar-refractivity contribution in [3.63, 3.8) is 0 Å². The lowest BCUT2D eigenvalue weighted by Gasteiger charge is -2.14. The normalized spacial score (nSPS) is 17.2. The highest BCUT2D eigenvalue weighted by Crippen LogP contribution is 2.42. The molecule has 0 bridgehead atoms. The van der Waals surface area contributed by atoms with E-state index in [4.69, 9.17) is 4.74 Å². The molecule has 1 aromatic rings. The summed E-state index contributed by atoms with van der Waals surface area (Å²) >= 11 is 0. The Morgan fingerprint density at radius 1 is 1.38 bits per heavy atom. The molecule has 88 valence electrons. The van der Waals surface area contributed by atoms with E-state index in [1.807, 2.05) is 12.1 Å². The SMILES string of the molecule is CCc1cc(CC2(O)CC2)c(O)c(OC)c1. The van der Waals surface area contributed by atoms with E-state index >= 15 is 0 Å². The number of aliphatic hydroxyl groups is 1. The molecule has 1 aliphatic carbocycles. The van der Waals surface area contributed by atoms with E-state index in [0.717, 1.165) is 30.4 Å². The van der Waals surface area contributed by atoms with Crippen LogP contribution in [0.15, 0.2) is 12.1 Å². The Morgan fingerprint density at radius 3 is 2.56 bits per heavy atom. The fourth-order valence-corrected chi connectivity index (χ4v) is 1.90. The second-order valence-electron chi connectivity index (χ2n) is 4.56. The smallest absolute Gasteiger partial charge is 0.161 e. The molecule has 3 heteroatoms. The minimum atomic E-state index is -0.588. The maximum Gasteiger partial charge on any atom is 0.161 e. The maximum absolute atomic E-state index is 9.96. The maximum atomic E-state index is 9.96. The third-order valence-electron chi connectivity index (χ3n) is 3.19. The minimum absolute atomic E-state index is 0.167. The molecule has 2 rings (SSSR count). The largest absolute Gasteiger partial charge is 0.504 e. The van der Waals surface area contributed by atoms with Crippen LogP contribution in [0.3, 0.4) is 0 Å². The molecule has 0 spiro atoms. The lowest BCUT2D eigenvalue weighted by atomic mass is 10.0. The number of benzene rings is 1. The molecule has 1 saturated carbocycles. The number of methoxy groups -OCH3 is 1. The van der Waals surface area contributed by atoms with Crippen molar-refractivity contribution in [2.75, 3.05) is 7.11 Å². The molecule has 0 unspecified atom stereocenters. The van der Waals surface area contributed by atoms with Gasteiger partial charge in [0.05, 0.1) is 12.7 Å². The molecule has 0 aromatic heterocycles. The van der Waals surface area contributed by atoms with Crippen LogP contribution in [0.4, 0.5) is 0 Å². The van der Waals surface area contributed by atoms with Gasteiger partial charge in [0.2, 0.25) is 0 Å². The van der Waals surface area contributed by atoms with E-state index in [0.29, 0.717) is 12.2 Å². The van der Waals surface area contributed by atoms with E-state index in [1.54, 1.807) is 7.11 Å². The molecule has 1 fully saturated rings. The van der Waals surface area contributed by atoms with Crippen LogP contribution < -0.4 is 4.74 Å². The Labute approximate surface area is 95.7 Å². The number of aromatic hydroxyl groups is 1. The molecule has 0 aliphatic heterocycles. The average molecular weight is 222 g/mol. The van der Waals surface area contributed by atoms with Gasteiger partial charge in [0, 0.05) is 12.0 Å². The van der Waals surface area contributed by atoms with Crippen molar-refractivity contribution in [3.05, 3.63) is 23.3 Å². The van der Waals surface area contributed by atoms with Crippen LogP contribution in [0.25, 0.3) is 0 Å². The third-order valence-corrected chi connectivity index (χ3v) is 3.19. The number of ether oxygens (including phenoxy) is 1. The number of phenolic OH excluding ortho intramolecular Hbond substituents is 1. The van der Waals surface area contributed by atoms with Crippen LogP contribution in [0.1, 0.15) is 30.9 Å². The average Bonchev–Trinajstić information content (AvgIpc) is 2.99. The van der Waals surface area contributed by atoms with Gasteiger partial charge in [0.15, 0.2) is 11.5 Å². The molecular formula is C13H18O3. The van der Waals surface area contributed by atoms with E-state index in [2.05, 4.69) is 6.92 Å². The highest BCUT2D eigenvalue weighted by atomic mass is 16.5. The van der Waals surface area contributed by atoms with Crippen LogP contribution in [-0.2, 0) is 12.8 Å². The summed E-state index contributed by atoms with van der Waals surface area (Å²) in [6.45, 7) is 2.06. The first-order valence-corrected chi connectivity index (χ1v) is 5.69. The topological polar surface area (TPSA) is 49.7 Å². The van der Waals surface area contributed by atoms with Gasteiger partial charge in [0.25, 0.3) is 0 Å². The third kappa shape index (κ3) is 2.14. The van der Waals surface area contributed by atoms with Crippen molar-refractivity contribution in [2.24, 2.45) is 0 Å². The number of phenols is 1. The summed E-state index contributed by atoms with van der Waals surface area (Å²) in [7, 11) is 1.55. The van der Waals surface area contributed by atoms with Gasteiger partial charge in [-0.05, 0) is 30.9 Å². The highest BCUT2D eigenvalue weighted by molar-refractivity contribution is 5.49. The van der Waals surface area contributed by atoms with Crippen LogP contribution in [0, 0.1) is 0 Å². The van der Waals surface area contributed by atoms with Gasteiger partial charge in [-0.25, -0.2) is 0 Å². The molecule has 16 heavy (non-hydrogen) atoms. The van der Waals surface area contributed by atoms with Crippen molar-refractivity contribution < 1.29 is 14.9 Å². The van der Waals surface area contributed by atoms with Gasteiger partial charge in [0.1, 0.15) is 0 Å². The fraction of sp³-hybridized carbons (Fsp3) is 0.538. The number of rotatable bonds is 4. The molecule has 0 radical (unpaired) electrons. The van der Waals surface area contributed by atoms with Crippen LogP contribution in [0.5, 0.6) is 11.5 Å². The van der Waals surface area contributed by atoms with Gasteiger partial charge in [-0.15, -0.1) is 0 Å². The van der Waals surface area contributed by atoms with E-state index < -0.39 is 5.60 Å². The van der Waals surface area contributed by atoms with Gasteiger partial charge < -0.3 is 14.9 Å². The van der Waals surface area contributed by atoms with Crippen molar-refractivity contribution in [1.29, 1.82) is 0 Å². The molecule has 3 nitrogen and oxygen atoms in total. The predicted octanol–water partition coefficient (Wildman–Crippen LogP) is 2.03. The van der Waals surface area contributed by atoms with Gasteiger partial charge in [-0.2, -0.15) is 0 Å². The fourth-order valence-electron chi connectivity index (χ4n) is 1.90. The molecule has 0 heterocycles. The lowest BCUT2D eigenvalue weighted by Crippen LogP contribution is -2.11. The van der Waals surface area contributed by atoms with Crippen LogP contribution in [0.2, 0.25) is 0 Å². The molecular weight excluding hydrogens is 204 g/mol. The number of hydrogen-bond acceptors (Lipinski definition) is 3. The first-order valence-electron chi connectivity index (χ1n) is 5.69. The molecule has 0 amide bonds. The summed E-state index contributed by atoms with van der Waals surface area (Å²) in [4.78, 5) is 0. The summed E-state index contributed by atoms with van der Waals surface area (Å²) in [6.07, 6.45) is 3.06. The van der Waals surface area contributed by atoms with Crippen molar-refractivity contribution in [1.82, 2.24) is 0 Å². The van der Waals surface area contributed by atoms with Crippen molar-refractivity contribution in [3.8, 4) is 11.5 Å². The summed E-state index contributed by atoms with van der Waals surface area (Å²) in [5, 5.41) is 19.8. The Bertz CT molecular complexity index is 394. The second kappa shape index (κ2) is 3.98. The zero-order valence-electron chi connectivity index (χ0n) is 9.79. The zero-order chi connectivity index (χ0) is 11.8. The summed E-state index contributed by atoms with van der Waals surface area (Å²) in [5.74, 6) is 0.665. The quantitative estimate of drug-likeness (QED) is 0.819. The summed E-state index contributed by atoms with van der Waals surface area (Å²) in [6, 6.07) is 3.80. The standard InChI is InChI=1S/C13H18O3/c1-3-9-6-10(8-13(15)4-5-13)12(14)11(7-9)16-2/h6-7,14-15H,3-5,8H2,1-2H3. The van der Waals surface area contributed by atoms with E-state index in [9.17, 15) is 10.2 Å². The summed E-state index contributed by atoms with van der Waals surface area (Å²) < 4.78 is 5.13. The van der Waals surface area contributed by atoms with Gasteiger partial charge >= 0.3 is 0 Å². The first kappa shape index (κ1) is 11.3. The van der Waals surface area contributed by atoms with Gasteiger partial charge in [-0.3, -0.25) is 0 Å². The Kier molecular flexibility index (Phi) is 2.80. The minimum Gasteiger partial charge on any atom is -0.504 e. The van der Waals surface area contributed by atoms with Gasteiger partial charge in [-0.1, -0.05) is 13.0 Å². The van der Waals surface area contributed by atoms with Crippen LogP contribution >= 0.6 is 0 Å². The predicted molar refractivity (Wildman–Crippen MR) is 61.9 cm³/mol.